The molecule has 3 fully saturated rings. The van der Waals surface area contributed by atoms with E-state index in [-0.39, 0.29) is 0 Å². The topological polar surface area (TPSA) is 15.7 Å². The van der Waals surface area contributed by atoms with E-state index in [9.17, 15) is 0 Å². The van der Waals surface area contributed by atoms with Gasteiger partial charge in [0.05, 0.1) is 6.61 Å². The standard InChI is InChI=1S/C16H30N2O/c1-12(2)16-10-17-7-4-5-15(17)9-18(16)13(3)14-6-8-19-11-14/h12-16H,4-11H2,1-3H3. The highest BCUT2D eigenvalue weighted by Gasteiger charge is 2.41. The maximum Gasteiger partial charge on any atom is 0.0509 e. The zero-order valence-corrected chi connectivity index (χ0v) is 12.8. The molecule has 3 saturated heterocycles. The molecule has 3 nitrogen and oxygen atoms in total. The van der Waals surface area contributed by atoms with Crippen molar-refractivity contribution in [2.45, 2.75) is 58.2 Å². The summed E-state index contributed by atoms with van der Waals surface area (Å²) in [6, 6.07) is 2.27. The summed E-state index contributed by atoms with van der Waals surface area (Å²) in [4.78, 5) is 5.58. The summed E-state index contributed by atoms with van der Waals surface area (Å²) in [5, 5.41) is 0. The lowest BCUT2D eigenvalue weighted by atomic mass is 9.91. The van der Waals surface area contributed by atoms with E-state index >= 15 is 0 Å². The van der Waals surface area contributed by atoms with Gasteiger partial charge in [-0.1, -0.05) is 13.8 Å². The molecule has 4 unspecified atom stereocenters. The second kappa shape index (κ2) is 5.71. The molecule has 0 saturated carbocycles. The molecule has 0 radical (unpaired) electrons. The molecule has 3 aliphatic heterocycles. The Hall–Kier alpha value is -0.120. The first-order chi connectivity index (χ1) is 9.16. The molecule has 19 heavy (non-hydrogen) atoms. The van der Waals surface area contributed by atoms with Gasteiger partial charge in [-0.25, -0.2) is 0 Å². The molecule has 110 valence electrons. The number of nitrogens with zero attached hydrogens (tertiary/aromatic N) is 2. The molecule has 0 bridgehead atoms. The maximum atomic E-state index is 5.61. The monoisotopic (exact) mass is 266 g/mol. The first-order valence-corrected chi connectivity index (χ1v) is 8.24. The van der Waals surface area contributed by atoms with Gasteiger partial charge in [-0.2, -0.15) is 0 Å². The fourth-order valence-electron chi connectivity index (χ4n) is 4.33. The fourth-order valence-corrected chi connectivity index (χ4v) is 4.33. The molecular weight excluding hydrogens is 236 g/mol. The number of fused-ring (bicyclic) bond motifs is 1. The van der Waals surface area contributed by atoms with E-state index in [1.165, 1.54) is 38.9 Å². The largest absolute Gasteiger partial charge is 0.381 e. The maximum absolute atomic E-state index is 5.61. The minimum atomic E-state index is 0.692. The summed E-state index contributed by atoms with van der Waals surface area (Å²) in [5.74, 6) is 1.51. The first-order valence-electron chi connectivity index (χ1n) is 8.24. The molecule has 3 rings (SSSR count). The molecule has 3 aliphatic rings. The van der Waals surface area contributed by atoms with Crippen molar-refractivity contribution >= 4 is 0 Å². The highest BCUT2D eigenvalue weighted by atomic mass is 16.5. The quantitative estimate of drug-likeness (QED) is 0.779. The van der Waals surface area contributed by atoms with E-state index in [2.05, 4.69) is 30.6 Å². The lowest BCUT2D eigenvalue weighted by Gasteiger charge is -2.49. The van der Waals surface area contributed by atoms with Crippen molar-refractivity contribution in [3.05, 3.63) is 0 Å². The van der Waals surface area contributed by atoms with Crippen molar-refractivity contribution < 1.29 is 4.74 Å². The third-order valence-corrected chi connectivity index (χ3v) is 5.71. The van der Waals surface area contributed by atoms with Gasteiger partial charge in [0.2, 0.25) is 0 Å². The Morgan fingerprint density at radius 1 is 1.11 bits per heavy atom. The molecule has 0 aromatic heterocycles. The second-order valence-electron chi connectivity index (χ2n) is 7.16. The number of ether oxygens (including phenoxy) is 1. The second-order valence-corrected chi connectivity index (χ2v) is 7.16. The lowest BCUT2D eigenvalue weighted by molar-refractivity contribution is -0.0127. The fraction of sp³-hybridized carbons (Fsp3) is 1.00. The van der Waals surface area contributed by atoms with Crippen LogP contribution >= 0.6 is 0 Å². The average molecular weight is 266 g/mol. The van der Waals surface area contributed by atoms with Crippen LogP contribution in [0.1, 0.15) is 40.0 Å². The van der Waals surface area contributed by atoms with Gasteiger partial charge in [0.1, 0.15) is 0 Å². The van der Waals surface area contributed by atoms with Gasteiger partial charge in [-0.3, -0.25) is 9.80 Å². The third-order valence-electron chi connectivity index (χ3n) is 5.71. The molecule has 0 spiro atoms. The van der Waals surface area contributed by atoms with Gasteiger partial charge in [-0.15, -0.1) is 0 Å². The van der Waals surface area contributed by atoms with Crippen LogP contribution in [0, 0.1) is 11.8 Å². The van der Waals surface area contributed by atoms with Gasteiger partial charge in [-0.05, 0) is 44.6 Å². The van der Waals surface area contributed by atoms with Gasteiger partial charge in [0.15, 0.2) is 0 Å². The van der Waals surface area contributed by atoms with Gasteiger partial charge in [0.25, 0.3) is 0 Å². The number of piperazine rings is 1. The normalized spacial score (nSPS) is 38.8. The third kappa shape index (κ3) is 2.70. The molecule has 3 heterocycles. The van der Waals surface area contributed by atoms with Crippen LogP contribution in [0.4, 0.5) is 0 Å². The van der Waals surface area contributed by atoms with Crippen molar-refractivity contribution in [2.24, 2.45) is 11.8 Å². The highest BCUT2D eigenvalue weighted by Crippen LogP contribution is 2.32. The Labute approximate surface area is 118 Å². The number of hydrogen-bond donors (Lipinski definition) is 0. The lowest BCUT2D eigenvalue weighted by Crippen LogP contribution is -2.61. The van der Waals surface area contributed by atoms with Crippen molar-refractivity contribution in [1.82, 2.24) is 9.80 Å². The highest BCUT2D eigenvalue weighted by molar-refractivity contribution is 4.96. The Kier molecular flexibility index (Phi) is 4.16. The molecule has 0 amide bonds. The first kappa shape index (κ1) is 13.8. The minimum Gasteiger partial charge on any atom is -0.381 e. The Morgan fingerprint density at radius 2 is 1.95 bits per heavy atom. The van der Waals surface area contributed by atoms with E-state index in [4.69, 9.17) is 4.74 Å². The van der Waals surface area contributed by atoms with Gasteiger partial charge >= 0.3 is 0 Å². The molecule has 4 atom stereocenters. The molecule has 0 N–H and O–H groups in total. The van der Waals surface area contributed by atoms with Crippen molar-refractivity contribution in [2.75, 3.05) is 32.8 Å². The van der Waals surface area contributed by atoms with E-state index in [1.807, 2.05) is 0 Å². The molecule has 0 aliphatic carbocycles. The van der Waals surface area contributed by atoms with Crippen LogP contribution in [-0.2, 0) is 4.74 Å². The summed E-state index contributed by atoms with van der Waals surface area (Å²) in [7, 11) is 0. The Bertz CT molecular complexity index is 301. The van der Waals surface area contributed by atoms with Crippen LogP contribution in [0.2, 0.25) is 0 Å². The SMILES string of the molecule is CC(C)C1CN2CCCC2CN1C(C)C1CCOC1. The molecule has 0 aromatic carbocycles. The predicted octanol–water partition coefficient (Wildman–Crippen LogP) is 2.22. The van der Waals surface area contributed by atoms with Crippen LogP contribution < -0.4 is 0 Å². The summed E-state index contributed by atoms with van der Waals surface area (Å²) in [6.45, 7) is 13.1. The number of hydrogen-bond acceptors (Lipinski definition) is 3. The molecular formula is C16H30N2O. The number of rotatable bonds is 3. The zero-order valence-electron chi connectivity index (χ0n) is 12.8. The molecule has 3 heteroatoms. The summed E-state index contributed by atoms with van der Waals surface area (Å²) >= 11 is 0. The van der Waals surface area contributed by atoms with Crippen LogP contribution in [0.5, 0.6) is 0 Å². The Balaban J connectivity index is 1.72. The van der Waals surface area contributed by atoms with Gasteiger partial charge in [0, 0.05) is 37.8 Å². The average Bonchev–Trinajstić information content (AvgIpc) is 3.06. The van der Waals surface area contributed by atoms with Crippen LogP contribution in [0.25, 0.3) is 0 Å². The summed E-state index contributed by atoms with van der Waals surface area (Å²) < 4.78 is 5.61. The van der Waals surface area contributed by atoms with E-state index < -0.39 is 0 Å². The van der Waals surface area contributed by atoms with Crippen molar-refractivity contribution in [3.8, 4) is 0 Å². The van der Waals surface area contributed by atoms with Crippen LogP contribution in [-0.4, -0.2) is 60.8 Å². The van der Waals surface area contributed by atoms with Crippen molar-refractivity contribution in [3.63, 3.8) is 0 Å². The van der Waals surface area contributed by atoms with Crippen LogP contribution in [0.3, 0.4) is 0 Å². The van der Waals surface area contributed by atoms with Crippen molar-refractivity contribution in [1.29, 1.82) is 0 Å². The summed E-state index contributed by atoms with van der Waals surface area (Å²) in [6.07, 6.45) is 4.08. The summed E-state index contributed by atoms with van der Waals surface area (Å²) in [5.41, 5.74) is 0. The van der Waals surface area contributed by atoms with E-state index in [1.54, 1.807) is 0 Å². The smallest absolute Gasteiger partial charge is 0.0509 e. The predicted molar refractivity (Wildman–Crippen MR) is 78.3 cm³/mol. The molecule has 0 aromatic rings. The minimum absolute atomic E-state index is 0.692. The Morgan fingerprint density at radius 3 is 2.63 bits per heavy atom. The van der Waals surface area contributed by atoms with E-state index in [0.717, 1.165) is 37.1 Å². The van der Waals surface area contributed by atoms with Crippen LogP contribution in [0.15, 0.2) is 0 Å². The van der Waals surface area contributed by atoms with Gasteiger partial charge < -0.3 is 4.74 Å². The zero-order chi connectivity index (χ0) is 13.4. The van der Waals surface area contributed by atoms with E-state index in [0.29, 0.717) is 6.04 Å².